The average Bonchev–Trinajstić information content (AvgIpc) is 2.54. The number of hydrogen-bond donors (Lipinski definition) is 0. The molecule has 0 fully saturated rings. The van der Waals surface area contributed by atoms with Gasteiger partial charge in [-0.3, -0.25) is 4.98 Å². The Bertz CT molecular complexity index is 954. The molecule has 0 bridgehead atoms. The van der Waals surface area contributed by atoms with Crippen molar-refractivity contribution in [3.8, 4) is 11.3 Å². The van der Waals surface area contributed by atoms with Crippen LogP contribution in [0.15, 0.2) is 72.9 Å². The van der Waals surface area contributed by atoms with Gasteiger partial charge in [0, 0.05) is 17.1 Å². The molecule has 0 aliphatic carbocycles. The zero-order valence-corrected chi connectivity index (χ0v) is 11.9. The first-order chi connectivity index (χ1) is 10.3. The van der Waals surface area contributed by atoms with E-state index in [9.17, 15) is 0 Å². The van der Waals surface area contributed by atoms with Gasteiger partial charge >= 0.3 is 0 Å². The fourth-order valence-electron chi connectivity index (χ4n) is 2.86. The van der Waals surface area contributed by atoms with Crippen LogP contribution < -0.4 is 0 Å². The van der Waals surface area contributed by atoms with Gasteiger partial charge in [-0.2, -0.15) is 0 Å². The number of nitrogens with zero attached hydrogens (tertiary/aromatic N) is 1. The summed E-state index contributed by atoms with van der Waals surface area (Å²) in [6, 6.07) is 23.5. The van der Waals surface area contributed by atoms with Crippen molar-refractivity contribution in [3.63, 3.8) is 0 Å². The number of hydrogen-bond acceptors (Lipinski definition) is 1. The lowest BCUT2D eigenvalue weighted by Crippen LogP contribution is -1.86. The average molecular weight is 269 g/mol. The second-order valence-corrected chi connectivity index (χ2v) is 5.45. The molecule has 21 heavy (non-hydrogen) atoms. The van der Waals surface area contributed by atoms with Crippen LogP contribution in [-0.2, 0) is 0 Å². The van der Waals surface area contributed by atoms with Crippen LogP contribution in [-0.4, -0.2) is 4.98 Å². The number of fused-ring (bicyclic) bond motifs is 3. The summed E-state index contributed by atoms with van der Waals surface area (Å²) in [7, 11) is 0. The van der Waals surface area contributed by atoms with Crippen molar-refractivity contribution in [2.75, 3.05) is 0 Å². The molecule has 0 atom stereocenters. The van der Waals surface area contributed by atoms with Gasteiger partial charge in [-0.05, 0) is 35.2 Å². The van der Waals surface area contributed by atoms with E-state index < -0.39 is 0 Å². The Morgan fingerprint density at radius 3 is 2.48 bits per heavy atom. The van der Waals surface area contributed by atoms with Gasteiger partial charge < -0.3 is 0 Å². The molecule has 0 saturated heterocycles. The highest BCUT2D eigenvalue weighted by Crippen LogP contribution is 2.28. The molecule has 0 saturated carbocycles. The van der Waals surface area contributed by atoms with Gasteiger partial charge in [-0.1, -0.05) is 60.2 Å². The molecule has 3 aromatic carbocycles. The molecule has 1 heteroatoms. The van der Waals surface area contributed by atoms with Crippen molar-refractivity contribution in [2.45, 2.75) is 6.92 Å². The third-order valence-corrected chi connectivity index (χ3v) is 3.94. The van der Waals surface area contributed by atoms with Gasteiger partial charge in [0.15, 0.2) is 0 Å². The summed E-state index contributed by atoms with van der Waals surface area (Å²) < 4.78 is 0. The van der Waals surface area contributed by atoms with E-state index in [0.29, 0.717) is 0 Å². The zero-order valence-electron chi connectivity index (χ0n) is 11.9. The zero-order chi connectivity index (χ0) is 14.2. The van der Waals surface area contributed by atoms with E-state index in [2.05, 4.69) is 78.6 Å². The molecule has 4 rings (SSSR count). The first kappa shape index (κ1) is 12.1. The minimum absolute atomic E-state index is 1.03. The number of benzene rings is 3. The third kappa shape index (κ3) is 2.07. The van der Waals surface area contributed by atoms with E-state index in [-0.39, 0.29) is 0 Å². The van der Waals surface area contributed by atoms with Crippen molar-refractivity contribution in [2.24, 2.45) is 0 Å². The van der Waals surface area contributed by atoms with Crippen LogP contribution in [0.4, 0.5) is 0 Å². The van der Waals surface area contributed by atoms with Crippen molar-refractivity contribution in [1.82, 2.24) is 4.98 Å². The molecule has 100 valence electrons. The summed E-state index contributed by atoms with van der Waals surface area (Å²) in [6.45, 7) is 2.11. The number of rotatable bonds is 1. The molecule has 0 radical (unpaired) electrons. The Labute approximate surface area is 123 Å². The topological polar surface area (TPSA) is 12.9 Å². The van der Waals surface area contributed by atoms with Crippen LogP contribution >= 0.6 is 0 Å². The lowest BCUT2D eigenvalue weighted by Gasteiger charge is -2.07. The second-order valence-electron chi connectivity index (χ2n) is 5.45. The molecule has 0 spiro atoms. The molecule has 4 aromatic rings. The highest BCUT2D eigenvalue weighted by molar-refractivity contribution is 6.07. The first-order valence-corrected chi connectivity index (χ1v) is 7.16. The van der Waals surface area contributed by atoms with E-state index in [1.807, 2.05) is 6.20 Å². The monoisotopic (exact) mass is 269 g/mol. The highest BCUT2D eigenvalue weighted by Gasteiger charge is 2.04. The Balaban J connectivity index is 1.97. The summed E-state index contributed by atoms with van der Waals surface area (Å²) in [4.78, 5) is 4.67. The van der Waals surface area contributed by atoms with Gasteiger partial charge in [0.25, 0.3) is 0 Å². The van der Waals surface area contributed by atoms with Crippen LogP contribution in [0.1, 0.15) is 5.56 Å². The van der Waals surface area contributed by atoms with Gasteiger partial charge in [0.05, 0.1) is 5.69 Å². The molecule has 1 heterocycles. The van der Waals surface area contributed by atoms with Gasteiger partial charge in [-0.15, -0.1) is 0 Å². The molecular formula is C20H15N. The lowest BCUT2D eigenvalue weighted by molar-refractivity contribution is 1.35. The van der Waals surface area contributed by atoms with E-state index in [4.69, 9.17) is 0 Å². The molecule has 0 amide bonds. The largest absolute Gasteiger partial charge is 0.256 e. The van der Waals surface area contributed by atoms with Crippen molar-refractivity contribution in [1.29, 1.82) is 0 Å². The van der Waals surface area contributed by atoms with Gasteiger partial charge in [0.1, 0.15) is 0 Å². The third-order valence-electron chi connectivity index (χ3n) is 3.94. The molecule has 0 unspecified atom stereocenters. The van der Waals surface area contributed by atoms with Gasteiger partial charge in [0.2, 0.25) is 0 Å². The summed E-state index contributed by atoms with van der Waals surface area (Å²) in [5.41, 5.74) is 3.46. The van der Waals surface area contributed by atoms with E-state index >= 15 is 0 Å². The predicted octanol–water partition coefficient (Wildman–Crippen LogP) is 5.36. The van der Waals surface area contributed by atoms with Crippen LogP contribution in [0.2, 0.25) is 0 Å². The summed E-state index contributed by atoms with van der Waals surface area (Å²) in [5.74, 6) is 0. The van der Waals surface area contributed by atoms with Gasteiger partial charge in [-0.25, -0.2) is 0 Å². The maximum absolute atomic E-state index is 4.67. The molecular weight excluding hydrogens is 254 g/mol. The Hall–Kier alpha value is -2.67. The van der Waals surface area contributed by atoms with Crippen LogP contribution in [0.25, 0.3) is 32.8 Å². The van der Waals surface area contributed by atoms with E-state index in [1.165, 1.54) is 32.7 Å². The first-order valence-electron chi connectivity index (χ1n) is 7.16. The maximum atomic E-state index is 4.67. The molecule has 1 aromatic heterocycles. The fourth-order valence-corrected chi connectivity index (χ4v) is 2.86. The molecule has 0 N–H and O–H groups in total. The predicted molar refractivity (Wildman–Crippen MR) is 89.4 cm³/mol. The summed E-state index contributed by atoms with van der Waals surface area (Å²) in [6.07, 6.45) is 2.00. The highest BCUT2D eigenvalue weighted by atomic mass is 14.7. The lowest BCUT2D eigenvalue weighted by atomic mass is 10.0. The fraction of sp³-hybridized carbons (Fsp3) is 0.0500. The quantitative estimate of drug-likeness (QED) is 0.424. The minimum Gasteiger partial charge on any atom is -0.256 e. The normalized spacial score (nSPS) is 11.1. The minimum atomic E-state index is 1.03. The number of aromatic nitrogens is 1. The SMILES string of the molecule is Cc1cccc(-c2cc3ccc4ccccc4c3cn2)c1. The standard InChI is InChI=1S/C20H15N/c1-14-5-4-7-17(11-14)20-12-16-10-9-15-6-2-3-8-18(15)19(16)13-21-20/h2-13H,1H3. The van der Waals surface area contributed by atoms with Crippen LogP contribution in [0.5, 0.6) is 0 Å². The molecule has 1 nitrogen and oxygen atoms in total. The number of aryl methyl sites for hydroxylation is 1. The molecule has 0 aliphatic rings. The van der Waals surface area contributed by atoms with Crippen molar-refractivity contribution >= 4 is 21.5 Å². The summed E-state index contributed by atoms with van der Waals surface area (Å²) >= 11 is 0. The van der Waals surface area contributed by atoms with E-state index in [1.54, 1.807) is 0 Å². The smallest absolute Gasteiger partial charge is 0.0708 e. The Kier molecular flexibility index (Phi) is 2.71. The second kappa shape index (κ2) is 4.71. The maximum Gasteiger partial charge on any atom is 0.0708 e. The Morgan fingerprint density at radius 2 is 1.57 bits per heavy atom. The number of pyridine rings is 1. The van der Waals surface area contributed by atoms with Crippen molar-refractivity contribution in [3.05, 3.63) is 78.5 Å². The van der Waals surface area contributed by atoms with Crippen LogP contribution in [0, 0.1) is 6.92 Å². The molecule has 0 aliphatic heterocycles. The van der Waals surface area contributed by atoms with E-state index in [0.717, 1.165) is 5.69 Å². The summed E-state index contributed by atoms with van der Waals surface area (Å²) in [5, 5.41) is 4.97. The van der Waals surface area contributed by atoms with Crippen LogP contribution in [0.3, 0.4) is 0 Å². The Morgan fingerprint density at radius 1 is 0.714 bits per heavy atom. The van der Waals surface area contributed by atoms with Crippen molar-refractivity contribution < 1.29 is 0 Å².